The fraction of sp³-hybridized carbons (Fsp3) is 0.367. The number of nitrogens with two attached hydrogens (primary N) is 1. The lowest BCUT2D eigenvalue weighted by Crippen LogP contribution is -2.63. The van der Waals surface area contributed by atoms with Crippen molar-refractivity contribution in [3.05, 3.63) is 64.4 Å². The minimum atomic E-state index is -2.59. The van der Waals surface area contributed by atoms with Gasteiger partial charge >= 0.3 is 5.97 Å². The molecule has 12 heteroatoms. The molecule has 3 aliphatic rings. The lowest BCUT2D eigenvalue weighted by Gasteiger charge is -2.48. The van der Waals surface area contributed by atoms with Gasteiger partial charge in [-0.2, -0.15) is 0 Å². The summed E-state index contributed by atoms with van der Waals surface area (Å²) in [4.78, 5) is 63.2. The van der Waals surface area contributed by atoms with Gasteiger partial charge < -0.3 is 36.2 Å². The summed E-state index contributed by atoms with van der Waals surface area (Å²) >= 11 is 0. The lowest BCUT2D eigenvalue weighted by atomic mass is 9.57. The standard InChI is InChI=1S/C30H30N2O10/c1-2-42-21(35)12-32-29(40)14-5-3-4-13(8-14)17-6-7-19(33)23-18(17)10-15-9-16-11-20(34)24(28(31)39)27(38)30(16,41)26(37)22(15)25(23)36/h3-8,15-16,20,24,33-34,37,41H,2,9-12H2,1H3,(H2,31,39)(H,32,40)/t15-,16+,20?,24?,30+/m1/s1. The van der Waals surface area contributed by atoms with Crippen LogP contribution in [0.5, 0.6) is 5.75 Å². The molecule has 2 aromatic rings. The number of benzene rings is 2. The van der Waals surface area contributed by atoms with Gasteiger partial charge in [0.15, 0.2) is 17.2 Å². The number of primary amides is 1. The van der Waals surface area contributed by atoms with E-state index in [0.717, 1.165) is 0 Å². The summed E-state index contributed by atoms with van der Waals surface area (Å²) in [6.45, 7) is 1.51. The van der Waals surface area contributed by atoms with Crippen LogP contribution in [0.4, 0.5) is 0 Å². The Balaban J connectivity index is 1.54. The highest BCUT2D eigenvalue weighted by Gasteiger charge is 2.62. The molecule has 12 nitrogen and oxygen atoms in total. The Morgan fingerprint density at radius 1 is 1.12 bits per heavy atom. The number of carbonyl (C=O) groups is 5. The molecular weight excluding hydrogens is 548 g/mol. The Morgan fingerprint density at radius 3 is 2.55 bits per heavy atom. The van der Waals surface area contributed by atoms with E-state index in [1.807, 2.05) is 0 Å². The number of amides is 2. The molecule has 0 aromatic heterocycles. The number of aliphatic hydroxyl groups excluding tert-OH is 2. The van der Waals surface area contributed by atoms with Gasteiger partial charge in [-0.15, -0.1) is 0 Å². The largest absolute Gasteiger partial charge is 0.508 e. The molecule has 0 bridgehead atoms. The number of ketones is 2. The number of aliphatic hydroxyl groups is 3. The van der Waals surface area contributed by atoms with E-state index in [0.29, 0.717) is 16.7 Å². The summed E-state index contributed by atoms with van der Waals surface area (Å²) in [5.41, 5.74) is 4.08. The number of rotatable bonds is 6. The summed E-state index contributed by atoms with van der Waals surface area (Å²) < 4.78 is 4.82. The molecule has 0 aliphatic heterocycles. The van der Waals surface area contributed by atoms with E-state index >= 15 is 0 Å². The monoisotopic (exact) mass is 578 g/mol. The second-order valence-corrected chi connectivity index (χ2v) is 10.8. The van der Waals surface area contributed by atoms with Crippen LogP contribution in [-0.4, -0.2) is 74.6 Å². The molecule has 7 N–H and O–H groups in total. The average molecular weight is 579 g/mol. The van der Waals surface area contributed by atoms with Crippen LogP contribution in [0.3, 0.4) is 0 Å². The zero-order chi connectivity index (χ0) is 30.5. The van der Waals surface area contributed by atoms with Gasteiger partial charge in [0.25, 0.3) is 5.91 Å². The van der Waals surface area contributed by atoms with E-state index in [1.165, 1.54) is 6.07 Å². The fourth-order valence-corrected chi connectivity index (χ4v) is 6.49. The van der Waals surface area contributed by atoms with Gasteiger partial charge in [0.2, 0.25) is 5.91 Å². The van der Waals surface area contributed by atoms with Gasteiger partial charge in [-0.1, -0.05) is 18.2 Å². The molecule has 0 heterocycles. The molecule has 5 rings (SSSR count). The highest BCUT2D eigenvalue weighted by atomic mass is 16.5. The molecule has 3 aliphatic carbocycles. The third-order valence-corrected chi connectivity index (χ3v) is 8.41. The summed E-state index contributed by atoms with van der Waals surface area (Å²) in [7, 11) is 0. The van der Waals surface area contributed by atoms with Crippen LogP contribution in [0.15, 0.2) is 47.7 Å². The minimum absolute atomic E-state index is 0.0285. The van der Waals surface area contributed by atoms with Crippen molar-refractivity contribution in [1.29, 1.82) is 0 Å². The Labute approximate surface area is 239 Å². The number of Topliss-reactive ketones (excluding diaryl/α,β-unsaturated/α-hetero) is 2. The van der Waals surface area contributed by atoms with E-state index < -0.39 is 64.6 Å². The molecule has 5 atom stereocenters. The first-order valence-electron chi connectivity index (χ1n) is 13.5. The summed E-state index contributed by atoms with van der Waals surface area (Å²) in [5, 5.41) is 46.3. The number of fused-ring (bicyclic) bond motifs is 3. The third-order valence-electron chi connectivity index (χ3n) is 8.41. The maximum atomic E-state index is 13.8. The minimum Gasteiger partial charge on any atom is -0.508 e. The van der Waals surface area contributed by atoms with Crippen molar-refractivity contribution in [3.63, 3.8) is 0 Å². The summed E-state index contributed by atoms with van der Waals surface area (Å²) in [6.07, 6.45) is -1.51. The summed E-state index contributed by atoms with van der Waals surface area (Å²) in [5.74, 6) is -8.93. The zero-order valence-electron chi connectivity index (χ0n) is 22.6. The number of phenolic OH excluding ortho intramolecular Hbond substituents is 1. The Hall–Kier alpha value is -4.55. The predicted molar refractivity (Wildman–Crippen MR) is 145 cm³/mol. The highest BCUT2D eigenvalue weighted by molar-refractivity contribution is 6.16. The first-order chi connectivity index (χ1) is 19.9. The molecule has 1 fully saturated rings. The quantitative estimate of drug-likeness (QED) is 0.208. The van der Waals surface area contributed by atoms with E-state index in [2.05, 4.69) is 5.32 Å². The van der Waals surface area contributed by atoms with Crippen molar-refractivity contribution < 1.29 is 49.1 Å². The van der Waals surface area contributed by atoms with Crippen molar-refractivity contribution in [3.8, 4) is 16.9 Å². The van der Waals surface area contributed by atoms with Crippen molar-refractivity contribution >= 4 is 29.4 Å². The predicted octanol–water partition coefficient (Wildman–Crippen LogP) is 0.705. The van der Waals surface area contributed by atoms with Crippen molar-refractivity contribution in [1.82, 2.24) is 5.32 Å². The average Bonchev–Trinajstić information content (AvgIpc) is 2.94. The molecule has 0 radical (unpaired) electrons. The molecule has 2 amide bonds. The topological polar surface area (TPSA) is 214 Å². The molecule has 2 unspecified atom stereocenters. The van der Waals surface area contributed by atoms with E-state index in [-0.39, 0.29) is 54.9 Å². The SMILES string of the molecule is CCOC(=O)CNC(=O)c1cccc(-c2ccc(O)c3c2C[C@H]2C[C@H]4CC(O)C(C(N)=O)C(=O)[C@@]4(O)C(O)=C2C3=O)c1. The summed E-state index contributed by atoms with van der Waals surface area (Å²) in [6, 6.07) is 9.34. The number of carbonyl (C=O) groups excluding carboxylic acids is 5. The van der Waals surface area contributed by atoms with Crippen LogP contribution in [0.2, 0.25) is 0 Å². The van der Waals surface area contributed by atoms with Gasteiger partial charge in [0, 0.05) is 17.1 Å². The van der Waals surface area contributed by atoms with Crippen molar-refractivity contribution in [2.45, 2.75) is 37.9 Å². The second kappa shape index (κ2) is 10.7. The van der Waals surface area contributed by atoms with Gasteiger partial charge in [-0.25, -0.2) is 0 Å². The van der Waals surface area contributed by atoms with Crippen molar-refractivity contribution in [2.24, 2.45) is 23.5 Å². The molecular formula is C30H30N2O10. The number of phenols is 1. The first kappa shape index (κ1) is 29.0. The smallest absolute Gasteiger partial charge is 0.325 e. The first-order valence-corrected chi connectivity index (χ1v) is 13.5. The van der Waals surface area contributed by atoms with Gasteiger partial charge in [0.05, 0.1) is 18.3 Å². The van der Waals surface area contributed by atoms with E-state index in [4.69, 9.17) is 10.5 Å². The van der Waals surface area contributed by atoms with Gasteiger partial charge in [-0.05, 0) is 67.0 Å². The number of aromatic hydroxyl groups is 1. The fourth-order valence-electron chi connectivity index (χ4n) is 6.49. The molecule has 1 saturated carbocycles. The number of ether oxygens (including phenoxy) is 1. The van der Waals surface area contributed by atoms with Crippen LogP contribution in [0, 0.1) is 17.8 Å². The molecule has 0 spiro atoms. The van der Waals surface area contributed by atoms with E-state index in [1.54, 1.807) is 37.3 Å². The normalized spacial score (nSPS) is 26.5. The lowest BCUT2D eigenvalue weighted by molar-refractivity contribution is -0.167. The number of hydrogen-bond acceptors (Lipinski definition) is 10. The van der Waals surface area contributed by atoms with Crippen LogP contribution < -0.4 is 11.1 Å². The highest BCUT2D eigenvalue weighted by Crippen LogP contribution is 2.52. The Bertz CT molecular complexity index is 1560. The molecule has 42 heavy (non-hydrogen) atoms. The molecule has 2 aromatic carbocycles. The molecule has 220 valence electrons. The van der Waals surface area contributed by atoms with Crippen LogP contribution in [0.25, 0.3) is 11.1 Å². The number of nitrogens with one attached hydrogen (secondary N) is 1. The van der Waals surface area contributed by atoms with Crippen LogP contribution in [0.1, 0.15) is 46.0 Å². The van der Waals surface area contributed by atoms with Gasteiger partial charge in [-0.3, -0.25) is 24.0 Å². The Kier molecular flexibility index (Phi) is 7.37. The van der Waals surface area contributed by atoms with Gasteiger partial charge in [0.1, 0.15) is 24.0 Å². The number of allylic oxidation sites excluding steroid dienone is 1. The zero-order valence-corrected chi connectivity index (χ0v) is 22.6. The third kappa shape index (κ3) is 4.52. The van der Waals surface area contributed by atoms with Crippen LogP contribution >= 0.6 is 0 Å². The van der Waals surface area contributed by atoms with Crippen molar-refractivity contribution in [2.75, 3.05) is 13.2 Å². The van der Waals surface area contributed by atoms with E-state index in [9.17, 15) is 44.4 Å². The molecule has 0 saturated heterocycles. The van der Waals surface area contributed by atoms with Crippen LogP contribution in [-0.2, 0) is 25.5 Å². The number of hydrogen-bond donors (Lipinski definition) is 6. The number of esters is 1. The Morgan fingerprint density at radius 2 is 1.86 bits per heavy atom. The second-order valence-electron chi connectivity index (χ2n) is 10.8. The maximum Gasteiger partial charge on any atom is 0.325 e. The maximum absolute atomic E-state index is 13.8.